The van der Waals surface area contributed by atoms with Gasteiger partial charge in [-0.15, -0.1) is 0 Å². The lowest BCUT2D eigenvalue weighted by Gasteiger charge is -2.35. The summed E-state index contributed by atoms with van der Waals surface area (Å²) in [4.78, 5) is 27.6. The molecule has 0 unspecified atom stereocenters. The molecule has 1 rings (SSSR count). The first-order valence-electron chi connectivity index (χ1n) is 4.85. The van der Waals surface area contributed by atoms with Gasteiger partial charge in [0.15, 0.2) is 0 Å². The lowest BCUT2D eigenvalue weighted by molar-refractivity contribution is 0.0921. The minimum Gasteiger partial charge on any atom is -0.453 e. The average molecular weight is 215 g/mol. The van der Waals surface area contributed by atoms with E-state index in [1.54, 1.807) is 23.9 Å². The molecule has 0 aromatic carbocycles. The summed E-state index contributed by atoms with van der Waals surface area (Å²) in [6.45, 7) is 2.19. The quantitative estimate of drug-likeness (QED) is 0.574. The molecule has 0 radical (unpaired) electrons. The summed E-state index contributed by atoms with van der Waals surface area (Å²) < 4.78 is 4.61. The smallest absolute Gasteiger partial charge is 0.409 e. The first-order chi connectivity index (χ1) is 7.06. The van der Waals surface area contributed by atoms with Crippen molar-refractivity contribution in [3.63, 3.8) is 0 Å². The third kappa shape index (κ3) is 2.74. The van der Waals surface area contributed by atoms with Crippen molar-refractivity contribution in [1.82, 2.24) is 14.7 Å². The Morgan fingerprint density at radius 2 is 1.53 bits per heavy atom. The minimum atomic E-state index is -0.327. The van der Waals surface area contributed by atoms with E-state index in [0.717, 1.165) is 0 Å². The number of piperazine rings is 1. The zero-order valence-electron chi connectivity index (χ0n) is 9.39. The van der Waals surface area contributed by atoms with Gasteiger partial charge in [-0.05, 0) is 0 Å². The van der Waals surface area contributed by atoms with Crippen molar-refractivity contribution in [3.05, 3.63) is 0 Å². The summed E-state index contributed by atoms with van der Waals surface area (Å²) in [6, 6.07) is -0.0143. The van der Waals surface area contributed by atoms with Gasteiger partial charge in [-0.25, -0.2) is 9.59 Å². The zero-order valence-corrected chi connectivity index (χ0v) is 9.39. The second-order valence-electron chi connectivity index (χ2n) is 3.62. The maximum absolute atomic E-state index is 11.6. The fourth-order valence-electron chi connectivity index (χ4n) is 1.49. The number of ether oxygens (including phenoxy) is 1. The summed E-state index contributed by atoms with van der Waals surface area (Å²) in [5.74, 6) is 0. The second-order valence-corrected chi connectivity index (χ2v) is 3.62. The molecule has 0 bridgehead atoms. The Balaban J connectivity index is 2.42. The van der Waals surface area contributed by atoms with Gasteiger partial charge in [0, 0.05) is 40.3 Å². The van der Waals surface area contributed by atoms with Crippen LogP contribution >= 0.6 is 0 Å². The first kappa shape index (κ1) is 11.6. The lowest BCUT2D eigenvalue weighted by Crippen LogP contribution is -2.52. The average Bonchev–Trinajstić information content (AvgIpc) is 2.27. The van der Waals surface area contributed by atoms with Gasteiger partial charge >= 0.3 is 12.1 Å². The van der Waals surface area contributed by atoms with Crippen LogP contribution in [0.2, 0.25) is 0 Å². The molecular formula is C9H17N3O3. The minimum absolute atomic E-state index is 0.0143. The van der Waals surface area contributed by atoms with Crippen LogP contribution in [0, 0.1) is 0 Å². The molecule has 1 heterocycles. The van der Waals surface area contributed by atoms with E-state index in [4.69, 9.17) is 0 Å². The molecule has 86 valence electrons. The number of urea groups is 1. The number of hydrogen-bond donors (Lipinski definition) is 0. The number of carbonyl (C=O) groups excluding carboxylic acids is 2. The zero-order chi connectivity index (χ0) is 11.4. The Labute approximate surface area is 89.4 Å². The molecule has 0 aromatic rings. The van der Waals surface area contributed by atoms with Crippen molar-refractivity contribution in [3.8, 4) is 0 Å². The molecule has 1 aliphatic rings. The fraction of sp³-hybridized carbons (Fsp3) is 0.778. The van der Waals surface area contributed by atoms with Crippen LogP contribution in [0.15, 0.2) is 0 Å². The molecular weight excluding hydrogens is 198 g/mol. The Morgan fingerprint density at radius 3 is 1.93 bits per heavy atom. The van der Waals surface area contributed by atoms with E-state index in [2.05, 4.69) is 4.74 Å². The second kappa shape index (κ2) is 4.86. The van der Waals surface area contributed by atoms with Crippen LogP contribution in [0.1, 0.15) is 0 Å². The van der Waals surface area contributed by atoms with Crippen molar-refractivity contribution >= 4 is 12.1 Å². The molecule has 6 nitrogen and oxygen atoms in total. The summed E-state index contributed by atoms with van der Waals surface area (Å²) in [7, 11) is 4.80. The van der Waals surface area contributed by atoms with E-state index in [9.17, 15) is 9.59 Å². The fourth-order valence-corrected chi connectivity index (χ4v) is 1.49. The lowest BCUT2D eigenvalue weighted by atomic mass is 10.3. The van der Waals surface area contributed by atoms with Crippen molar-refractivity contribution in [2.75, 3.05) is 47.4 Å². The van der Waals surface area contributed by atoms with Crippen molar-refractivity contribution in [2.24, 2.45) is 0 Å². The molecule has 0 aromatic heterocycles. The number of hydrogen-bond acceptors (Lipinski definition) is 3. The highest BCUT2D eigenvalue weighted by Gasteiger charge is 2.24. The van der Waals surface area contributed by atoms with E-state index in [1.165, 1.54) is 12.0 Å². The maximum Gasteiger partial charge on any atom is 0.409 e. The van der Waals surface area contributed by atoms with Crippen LogP contribution in [0.3, 0.4) is 0 Å². The maximum atomic E-state index is 11.6. The highest BCUT2D eigenvalue weighted by molar-refractivity contribution is 5.74. The van der Waals surface area contributed by atoms with Crippen molar-refractivity contribution in [1.29, 1.82) is 0 Å². The molecule has 0 aliphatic carbocycles. The Hall–Kier alpha value is -1.46. The van der Waals surface area contributed by atoms with E-state index >= 15 is 0 Å². The van der Waals surface area contributed by atoms with Gasteiger partial charge in [-0.3, -0.25) is 0 Å². The van der Waals surface area contributed by atoms with Crippen molar-refractivity contribution < 1.29 is 14.3 Å². The summed E-state index contributed by atoms with van der Waals surface area (Å²) >= 11 is 0. The van der Waals surface area contributed by atoms with Gasteiger partial charge in [0.1, 0.15) is 0 Å². The highest BCUT2D eigenvalue weighted by atomic mass is 16.5. The third-order valence-electron chi connectivity index (χ3n) is 2.37. The number of rotatable bonds is 0. The van der Waals surface area contributed by atoms with Crippen LogP contribution in [0.25, 0.3) is 0 Å². The predicted octanol–water partition coefficient (Wildman–Crippen LogP) is 0.0520. The molecule has 15 heavy (non-hydrogen) atoms. The van der Waals surface area contributed by atoms with Crippen LogP contribution < -0.4 is 0 Å². The Bertz CT molecular complexity index is 247. The van der Waals surface area contributed by atoms with Gasteiger partial charge < -0.3 is 19.4 Å². The first-order valence-corrected chi connectivity index (χ1v) is 4.85. The van der Waals surface area contributed by atoms with E-state index in [1.807, 2.05) is 0 Å². The van der Waals surface area contributed by atoms with E-state index in [-0.39, 0.29) is 12.1 Å². The van der Waals surface area contributed by atoms with Gasteiger partial charge in [0.05, 0.1) is 7.11 Å². The van der Waals surface area contributed by atoms with Gasteiger partial charge in [-0.1, -0.05) is 0 Å². The summed E-state index contributed by atoms with van der Waals surface area (Å²) in [5, 5.41) is 0. The van der Waals surface area contributed by atoms with Crippen LogP contribution in [-0.2, 0) is 4.74 Å². The van der Waals surface area contributed by atoms with Crippen LogP contribution in [-0.4, -0.2) is 74.2 Å². The number of methoxy groups -OCH3 is 1. The molecule has 1 aliphatic heterocycles. The molecule has 3 amide bonds. The monoisotopic (exact) mass is 215 g/mol. The normalized spacial score (nSPS) is 16.2. The summed E-state index contributed by atoms with van der Waals surface area (Å²) in [5.41, 5.74) is 0. The topological polar surface area (TPSA) is 53.1 Å². The van der Waals surface area contributed by atoms with Gasteiger partial charge in [0.2, 0.25) is 0 Å². The van der Waals surface area contributed by atoms with Crippen LogP contribution in [0.4, 0.5) is 9.59 Å². The predicted molar refractivity (Wildman–Crippen MR) is 54.6 cm³/mol. The van der Waals surface area contributed by atoms with E-state index < -0.39 is 0 Å². The number of nitrogens with zero attached hydrogens (tertiary/aromatic N) is 3. The van der Waals surface area contributed by atoms with Gasteiger partial charge in [-0.2, -0.15) is 0 Å². The standard InChI is InChI=1S/C9H17N3O3/c1-10(2)8(13)11-4-6-12(7-5-11)9(14)15-3/h4-7H2,1-3H3. The molecule has 0 N–H and O–H groups in total. The molecule has 1 fully saturated rings. The van der Waals surface area contributed by atoms with E-state index in [0.29, 0.717) is 26.2 Å². The molecule has 0 atom stereocenters. The number of carbonyl (C=O) groups is 2. The molecule has 0 spiro atoms. The third-order valence-corrected chi connectivity index (χ3v) is 2.37. The molecule has 6 heteroatoms. The van der Waals surface area contributed by atoms with Crippen LogP contribution in [0.5, 0.6) is 0 Å². The van der Waals surface area contributed by atoms with Gasteiger partial charge in [0.25, 0.3) is 0 Å². The highest BCUT2D eigenvalue weighted by Crippen LogP contribution is 2.05. The Kier molecular flexibility index (Phi) is 3.76. The Morgan fingerprint density at radius 1 is 1.07 bits per heavy atom. The van der Waals surface area contributed by atoms with Crippen molar-refractivity contribution in [2.45, 2.75) is 0 Å². The SMILES string of the molecule is COC(=O)N1CCN(C(=O)N(C)C)CC1. The molecule has 0 saturated carbocycles. The molecule has 1 saturated heterocycles. The number of amides is 3. The largest absolute Gasteiger partial charge is 0.453 e. The summed E-state index contributed by atoms with van der Waals surface area (Å²) in [6.07, 6.45) is -0.327.